The molecule has 27 heavy (non-hydrogen) atoms. The molecule has 3 aliphatic rings. The van der Waals surface area contributed by atoms with Crippen molar-refractivity contribution in [3.63, 3.8) is 0 Å². The van der Waals surface area contributed by atoms with E-state index >= 15 is 0 Å². The van der Waals surface area contributed by atoms with Gasteiger partial charge in [-0.1, -0.05) is 18.6 Å². The van der Waals surface area contributed by atoms with Crippen LogP contribution in [0.3, 0.4) is 0 Å². The highest BCUT2D eigenvalue weighted by atomic mass is 16.5. The van der Waals surface area contributed by atoms with E-state index in [1.165, 1.54) is 57.4 Å². The lowest BCUT2D eigenvalue weighted by Gasteiger charge is -2.32. The van der Waals surface area contributed by atoms with Crippen LogP contribution in [0.15, 0.2) is 24.3 Å². The van der Waals surface area contributed by atoms with Crippen LogP contribution in [0.4, 0.5) is 0 Å². The molecule has 0 aliphatic carbocycles. The van der Waals surface area contributed by atoms with Crippen LogP contribution in [0.25, 0.3) is 0 Å². The first-order valence-corrected chi connectivity index (χ1v) is 10.8. The second kappa shape index (κ2) is 9.87. The molecule has 3 fully saturated rings. The first-order chi connectivity index (χ1) is 13.4. The molecule has 150 valence electrons. The summed E-state index contributed by atoms with van der Waals surface area (Å²) in [7, 11) is 0. The number of hydrogen-bond donors (Lipinski definition) is 0. The number of benzene rings is 1. The Bertz CT molecular complexity index is 570. The van der Waals surface area contributed by atoms with Crippen LogP contribution >= 0.6 is 0 Å². The van der Waals surface area contributed by atoms with Gasteiger partial charge in [0.15, 0.2) is 0 Å². The average Bonchev–Trinajstić information content (AvgIpc) is 3.18. The molecule has 0 bridgehead atoms. The van der Waals surface area contributed by atoms with Crippen molar-refractivity contribution in [3.05, 3.63) is 29.8 Å². The van der Waals surface area contributed by atoms with E-state index in [4.69, 9.17) is 9.47 Å². The van der Waals surface area contributed by atoms with E-state index in [-0.39, 0.29) is 0 Å². The van der Waals surface area contributed by atoms with Gasteiger partial charge in [-0.2, -0.15) is 0 Å². The van der Waals surface area contributed by atoms with Crippen LogP contribution in [0.1, 0.15) is 31.2 Å². The fraction of sp³-hybridized carbons (Fsp3) is 0.727. The highest BCUT2D eigenvalue weighted by Crippen LogP contribution is 2.22. The van der Waals surface area contributed by atoms with Gasteiger partial charge in [-0.3, -0.25) is 14.7 Å². The smallest absolute Gasteiger partial charge is 0.119 e. The minimum absolute atomic E-state index is 0.754. The van der Waals surface area contributed by atoms with Gasteiger partial charge < -0.3 is 9.47 Å². The first kappa shape index (κ1) is 19.2. The van der Waals surface area contributed by atoms with Crippen molar-refractivity contribution >= 4 is 0 Å². The molecule has 0 saturated carbocycles. The molecule has 5 nitrogen and oxygen atoms in total. The Hall–Kier alpha value is -1.14. The molecule has 0 N–H and O–H groups in total. The molecule has 3 heterocycles. The summed E-state index contributed by atoms with van der Waals surface area (Å²) in [6.45, 7) is 11.6. The van der Waals surface area contributed by atoms with Gasteiger partial charge in [-0.25, -0.2) is 0 Å². The Labute approximate surface area is 164 Å². The van der Waals surface area contributed by atoms with Gasteiger partial charge in [0, 0.05) is 45.3 Å². The summed E-state index contributed by atoms with van der Waals surface area (Å²) in [4.78, 5) is 7.76. The predicted octanol–water partition coefficient (Wildman–Crippen LogP) is 2.46. The third-order valence-electron chi connectivity index (χ3n) is 6.24. The van der Waals surface area contributed by atoms with E-state index in [0.717, 1.165) is 57.8 Å². The number of morpholine rings is 1. The summed E-state index contributed by atoms with van der Waals surface area (Å²) >= 11 is 0. The zero-order chi connectivity index (χ0) is 18.3. The van der Waals surface area contributed by atoms with Crippen molar-refractivity contribution in [1.29, 1.82) is 0 Å². The Morgan fingerprint density at radius 3 is 2.67 bits per heavy atom. The standard InChI is InChI=1S/C22H35N3O2/c1-2-8-25(9-3-1)21-7-10-24(19-21)18-20-5-4-6-22(17-20)27-16-13-23-11-14-26-15-12-23/h4-6,17,21H,1-3,7-16,18-19H2. The summed E-state index contributed by atoms with van der Waals surface area (Å²) in [5.41, 5.74) is 1.37. The number of ether oxygens (including phenoxy) is 2. The van der Waals surface area contributed by atoms with Crippen LogP contribution < -0.4 is 4.74 Å². The molecule has 1 atom stereocenters. The first-order valence-electron chi connectivity index (χ1n) is 10.8. The average molecular weight is 374 g/mol. The SMILES string of the molecule is c1cc(CN2CCC(N3CCCCC3)C2)cc(OCCN2CCOCC2)c1. The molecule has 5 heteroatoms. The summed E-state index contributed by atoms with van der Waals surface area (Å²) in [6, 6.07) is 9.47. The lowest BCUT2D eigenvalue weighted by molar-refractivity contribution is 0.0322. The zero-order valence-electron chi connectivity index (χ0n) is 16.7. The fourth-order valence-electron chi connectivity index (χ4n) is 4.65. The summed E-state index contributed by atoms with van der Waals surface area (Å²) in [5.74, 6) is 1.01. The predicted molar refractivity (Wildman–Crippen MR) is 108 cm³/mol. The monoisotopic (exact) mass is 373 g/mol. The summed E-state index contributed by atoms with van der Waals surface area (Å²) in [6.07, 6.45) is 5.53. The van der Waals surface area contributed by atoms with Crippen molar-refractivity contribution in [3.8, 4) is 5.75 Å². The molecular formula is C22H35N3O2. The van der Waals surface area contributed by atoms with E-state index in [2.05, 4.69) is 39.0 Å². The third-order valence-corrected chi connectivity index (χ3v) is 6.24. The van der Waals surface area contributed by atoms with Crippen molar-refractivity contribution in [2.45, 2.75) is 38.3 Å². The van der Waals surface area contributed by atoms with Crippen LogP contribution in [0.5, 0.6) is 5.75 Å². The van der Waals surface area contributed by atoms with Gasteiger partial charge in [0.25, 0.3) is 0 Å². The zero-order valence-corrected chi connectivity index (χ0v) is 16.7. The fourth-order valence-corrected chi connectivity index (χ4v) is 4.65. The lowest BCUT2D eigenvalue weighted by atomic mass is 10.1. The van der Waals surface area contributed by atoms with Crippen LogP contribution in [0, 0.1) is 0 Å². The molecule has 3 aliphatic heterocycles. The number of hydrogen-bond acceptors (Lipinski definition) is 5. The second-order valence-corrected chi connectivity index (χ2v) is 8.22. The maximum Gasteiger partial charge on any atom is 0.119 e. The maximum absolute atomic E-state index is 6.02. The van der Waals surface area contributed by atoms with E-state index in [1.807, 2.05) is 0 Å². The highest BCUT2D eigenvalue weighted by Gasteiger charge is 2.28. The minimum Gasteiger partial charge on any atom is -0.492 e. The van der Waals surface area contributed by atoms with Gasteiger partial charge in [-0.05, 0) is 50.0 Å². The molecule has 3 saturated heterocycles. The van der Waals surface area contributed by atoms with Gasteiger partial charge in [0.2, 0.25) is 0 Å². The van der Waals surface area contributed by atoms with Crippen molar-refractivity contribution in [1.82, 2.24) is 14.7 Å². The molecule has 4 rings (SSSR count). The highest BCUT2D eigenvalue weighted by molar-refractivity contribution is 5.28. The Morgan fingerprint density at radius 1 is 0.963 bits per heavy atom. The quantitative estimate of drug-likeness (QED) is 0.732. The van der Waals surface area contributed by atoms with Crippen LogP contribution in [-0.4, -0.2) is 86.4 Å². The third kappa shape index (κ3) is 5.67. The Balaban J connectivity index is 1.22. The molecule has 1 unspecified atom stereocenters. The van der Waals surface area contributed by atoms with E-state index in [9.17, 15) is 0 Å². The van der Waals surface area contributed by atoms with Crippen molar-refractivity contribution in [2.75, 3.05) is 65.6 Å². The number of likely N-dealkylation sites (tertiary alicyclic amines) is 2. The number of rotatable bonds is 7. The molecule has 0 spiro atoms. The molecule has 1 aromatic rings. The van der Waals surface area contributed by atoms with Crippen LogP contribution in [-0.2, 0) is 11.3 Å². The topological polar surface area (TPSA) is 28.2 Å². The Morgan fingerprint density at radius 2 is 1.81 bits per heavy atom. The van der Waals surface area contributed by atoms with Crippen LogP contribution in [0.2, 0.25) is 0 Å². The number of nitrogens with zero attached hydrogens (tertiary/aromatic N) is 3. The van der Waals surface area contributed by atoms with Crippen molar-refractivity contribution in [2.24, 2.45) is 0 Å². The second-order valence-electron chi connectivity index (χ2n) is 8.22. The van der Waals surface area contributed by atoms with E-state index in [0.29, 0.717) is 0 Å². The van der Waals surface area contributed by atoms with Gasteiger partial charge in [-0.15, -0.1) is 0 Å². The van der Waals surface area contributed by atoms with E-state index in [1.54, 1.807) is 0 Å². The molecule has 0 radical (unpaired) electrons. The van der Waals surface area contributed by atoms with Crippen molar-refractivity contribution < 1.29 is 9.47 Å². The van der Waals surface area contributed by atoms with Gasteiger partial charge in [0.05, 0.1) is 13.2 Å². The lowest BCUT2D eigenvalue weighted by Crippen LogP contribution is -2.40. The van der Waals surface area contributed by atoms with E-state index < -0.39 is 0 Å². The maximum atomic E-state index is 6.02. The normalized spacial score (nSPS) is 25.7. The molecule has 0 aromatic heterocycles. The summed E-state index contributed by atoms with van der Waals surface area (Å²) in [5, 5.41) is 0. The largest absolute Gasteiger partial charge is 0.492 e. The number of piperidine rings is 1. The minimum atomic E-state index is 0.754. The molecular weight excluding hydrogens is 338 g/mol. The van der Waals surface area contributed by atoms with Gasteiger partial charge >= 0.3 is 0 Å². The molecule has 0 amide bonds. The Kier molecular flexibility index (Phi) is 7.02. The molecule has 1 aromatic carbocycles. The summed E-state index contributed by atoms with van der Waals surface area (Å²) < 4.78 is 11.4. The van der Waals surface area contributed by atoms with Gasteiger partial charge in [0.1, 0.15) is 12.4 Å².